The highest BCUT2D eigenvalue weighted by Crippen LogP contribution is 2.20. The molecule has 0 unspecified atom stereocenters. The maximum Gasteiger partial charge on any atom is 0.254 e. The Kier molecular flexibility index (Phi) is 3.82. The lowest BCUT2D eigenvalue weighted by Gasteiger charge is -2.07. The predicted octanol–water partition coefficient (Wildman–Crippen LogP) is 3.63. The van der Waals surface area contributed by atoms with Crippen LogP contribution in [0, 0.1) is 6.92 Å². The molecule has 124 valence electrons. The van der Waals surface area contributed by atoms with Crippen molar-refractivity contribution in [2.75, 3.05) is 5.32 Å². The summed E-state index contributed by atoms with van der Waals surface area (Å²) in [5, 5.41) is 8.82. The van der Waals surface area contributed by atoms with Gasteiger partial charge in [-0.05, 0) is 37.3 Å². The second-order valence-corrected chi connectivity index (χ2v) is 5.94. The summed E-state index contributed by atoms with van der Waals surface area (Å²) in [7, 11) is 0. The van der Waals surface area contributed by atoms with Gasteiger partial charge in [-0.3, -0.25) is 4.79 Å². The number of anilines is 1. The molecule has 25 heavy (non-hydrogen) atoms. The second-order valence-electron chi connectivity index (χ2n) is 5.94. The molecule has 0 saturated heterocycles. The van der Waals surface area contributed by atoms with Gasteiger partial charge in [0.25, 0.3) is 5.56 Å². The first-order valence-corrected chi connectivity index (χ1v) is 8.18. The number of aromatic amines is 1. The van der Waals surface area contributed by atoms with Crippen LogP contribution < -0.4 is 10.9 Å². The Balaban J connectivity index is 1.73. The van der Waals surface area contributed by atoms with E-state index in [9.17, 15) is 4.79 Å². The van der Waals surface area contributed by atoms with Crippen molar-refractivity contribution in [1.82, 2.24) is 14.8 Å². The van der Waals surface area contributed by atoms with E-state index in [4.69, 9.17) is 0 Å². The van der Waals surface area contributed by atoms with Gasteiger partial charge < -0.3 is 10.3 Å². The van der Waals surface area contributed by atoms with Crippen LogP contribution in [0.4, 0.5) is 5.69 Å². The van der Waals surface area contributed by atoms with E-state index < -0.39 is 0 Å². The van der Waals surface area contributed by atoms with Gasteiger partial charge in [-0.2, -0.15) is 5.10 Å². The van der Waals surface area contributed by atoms with Crippen LogP contribution in [0.2, 0.25) is 0 Å². The van der Waals surface area contributed by atoms with Gasteiger partial charge in [-0.15, -0.1) is 0 Å². The molecule has 0 aliphatic rings. The van der Waals surface area contributed by atoms with Crippen LogP contribution in [0.1, 0.15) is 11.3 Å². The summed E-state index contributed by atoms with van der Waals surface area (Å²) in [6, 6.07) is 21.6. The van der Waals surface area contributed by atoms with Crippen LogP contribution in [0.25, 0.3) is 16.7 Å². The van der Waals surface area contributed by atoms with Gasteiger partial charge in [0.15, 0.2) is 0 Å². The van der Waals surface area contributed by atoms with Crippen LogP contribution in [-0.4, -0.2) is 14.8 Å². The fraction of sp³-hybridized carbons (Fsp3) is 0.100. The molecule has 2 heterocycles. The second kappa shape index (κ2) is 6.28. The van der Waals surface area contributed by atoms with E-state index in [-0.39, 0.29) is 5.56 Å². The first-order valence-electron chi connectivity index (χ1n) is 8.18. The first-order chi connectivity index (χ1) is 12.2. The Hall–Kier alpha value is -3.34. The first kappa shape index (κ1) is 15.2. The normalized spacial score (nSPS) is 10.9. The zero-order valence-corrected chi connectivity index (χ0v) is 13.9. The van der Waals surface area contributed by atoms with E-state index in [2.05, 4.69) is 15.4 Å². The van der Waals surface area contributed by atoms with Crippen molar-refractivity contribution < 1.29 is 0 Å². The molecule has 2 aromatic heterocycles. The van der Waals surface area contributed by atoms with Gasteiger partial charge >= 0.3 is 0 Å². The quantitative estimate of drug-likeness (QED) is 0.600. The summed E-state index contributed by atoms with van der Waals surface area (Å²) < 4.78 is 1.78. The molecule has 0 fully saturated rings. The molecule has 5 nitrogen and oxygen atoms in total. The third-order valence-electron chi connectivity index (χ3n) is 4.21. The summed E-state index contributed by atoms with van der Waals surface area (Å²) in [6.45, 7) is 2.42. The lowest BCUT2D eigenvalue weighted by atomic mass is 10.2. The van der Waals surface area contributed by atoms with Crippen LogP contribution in [0.3, 0.4) is 0 Å². The summed E-state index contributed by atoms with van der Waals surface area (Å²) >= 11 is 0. The average molecular weight is 330 g/mol. The smallest absolute Gasteiger partial charge is 0.254 e. The largest absolute Gasteiger partial charge is 0.381 e. The zero-order valence-electron chi connectivity index (χ0n) is 13.9. The Morgan fingerprint density at radius 1 is 1.04 bits per heavy atom. The maximum atomic E-state index is 12.5. The molecule has 0 aliphatic heterocycles. The van der Waals surface area contributed by atoms with Crippen molar-refractivity contribution in [3.05, 3.63) is 88.3 Å². The van der Waals surface area contributed by atoms with Gasteiger partial charge in [0.1, 0.15) is 5.65 Å². The lowest BCUT2D eigenvalue weighted by molar-refractivity contribution is 0.874. The summed E-state index contributed by atoms with van der Waals surface area (Å²) in [5.74, 6) is 0. The number of fused-ring (bicyclic) bond motifs is 1. The van der Waals surface area contributed by atoms with Crippen LogP contribution in [0.5, 0.6) is 0 Å². The number of benzene rings is 2. The highest BCUT2D eigenvalue weighted by Gasteiger charge is 2.12. The summed E-state index contributed by atoms with van der Waals surface area (Å²) in [4.78, 5) is 15.5. The van der Waals surface area contributed by atoms with E-state index in [0.717, 1.165) is 28.1 Å². The standard InChI is InChI=1S/C20H18N4O/c1-14-18-12-15(13-21-16-8-4-2-5-9-16)20(25)22-19(18)24(23-14)17-10-6-3-7-11-17/h2-12,21H,13H2,1H3,(H,22,25). The fourth-order valence-electron chi connectivity index (χ4n) is 2.90. The van der Waals surface area contributed by atoms with E-state index in [1.807, 2.05) is 73.7 Å². The Morgan fingerprint density at radius 2 is 1.72 bits per heavy atom. The maximum absolute atomic E-state index is 12.5. The topological polar surface area (TPSA) is 62.7 Å². The number of hydrogen-bond acceptors (Lipinski definition) is 3. The molecule has 0 radical (unpaired) electrons. The number of aromatic nitrogens is 3. The number of rotatable bonds is 4. The number of hydrogen-bond donors (Lipinski definition) is 2. The monoisotopic (exact) mass is 330 g/mol. The lowest BCUT2D eigenvalue weighted by Crippen LogP contribution is -2.16. The van der Waals surface area contributed by atoms with Crippen molar-refractivity contribution >= 4 is 16.7 Å². The van der Waals surface area contributed by atoms with Gasteiger partial charge in [-0.1, -0.05) is 36.4 Å². The molecule has 2 N–H and O–H groups in total. The fourth-order valence-corrected chi connectivity index (χ4v) is 2.90. The molecule has 2 aromatic carbocycles. The number of nitrogens with zero attached hydrogens (tertiary/aromatic N) is 2. The van der Waals surface area contributed by atoms with E-state index >= 15 is 0 Å². The molecule has 0 saturated carbocycles. The average Bonchev–Trinajstić information content (AvgIpc) is 2.97. The Bertz CT molecular complexity index is 1070. The van der Waals surface area contributed by atoms with E-state index in [1.54, 1.807) is 4.68 Å². The van der Waals surface area contributed by atoms with Crippen molar-refractivity contribution in [3.63, 3.8) is 0 Å². The molecule has 0 spiro atoms. The molecule has 0 aliphatic carbocycles. The molecule has 5 heteroatoms. The van der Waals surface area contributed by atoms with Gasteiger partial charge in [0.2, 0.25) is 0 Å². The van der Waals surface area contributed by atoms with Crippen LogP contribution >= 0.6 is 0 Å². The number of aryl methyl sites for hydroxylation is 1. The molecule has 4 aromatic rings. The SMILES string of the molecule is Cc1nn(-c2ccccc2)c2[nH]c(=O)c(CNc3ccccc3)cc12. The number of H-pyrrole nitrogens is 1. The van der Waals surface area contributed by atoms with E-state index in [0.29, 0.717) is 12.1 Å². The van der Waals surface area contributed by atoms with Crippen molar-refractivity contribution in [2.24, 2.45) is 0 Å². The minimum absolute atomic E-state index is 0.104. The molecular weight excluding hydrogens is 312 g/mol. The predicted molar refractivity (Wildman–Crippen MR) is 100 cm³/mol. The van der Waals surface area contributed by atoms with Gasteiger partial charge in [0, 0.05) is 23.2 Å². The van der Waals surface area contributed by atoms with Gasteiger partial charge in [-0.25, -0.2) is 4.68 Å². The Morgan fingerprint density at radius 3 is 2.44 bits per heavy atom. The van der Waals surface area contributed by atoms with E-state index in [1.165, 1.54) is 0 Å². The zero-order chi connectivity index (χ0) is 17.2. The molecule has 0 bridgehead atoms. The van der Waals surface area contributed by atoms with Crippen molar-refractivity contribution in [2.45, 2.75) is 13.5 Å². The number of pyridine rings is 1. The highest BCUT2D eigenvalue weighted by atomic mass is 16.1. The highest BCUT2D eigenvalue weighted by molar-refractivity contribution is 5.80. The number of para-hydroxylation sites is 2. The summed E-state index contributed by atoms with van der Waals surface area (Å²) in [6.07, 6.45) is 0. The van der Waals surface area contributed by atoms with Crippen molar-refractivity contribution in [1.29, 1.82) is 0 Å². The molecule has 4 rings (SSSR count). The Labute approximate surface area is 144 Å². The third-order valence-corrected chi connectivity index (χ3v) is 4.21. The molecule has 0 atom stereocenters. The number of nitrogens with one attached hydrogen (secondary N) is 2. The minimum atomic E-state index is -0.104. The molecular formula is C20H18N4O. The van der Waals surface area contributed by atoms with Crippen LogP contribution in [0.15, 0.2) is 71.5 Å². The van der Waals surface area contributed by atoms with Crippen LogP contribution in [-0.2, 0) is 6.54 Å². The minimum Gasteiger partial charge on any atom is -0.381 e. The molecule has 0 amide bonds. The third kappa shape index (κ3) is 2.92. The summed E-state index contributed by atoms with van der Waals surface area (Å²) in [5.41, 5.74) is 4.10. The van der Waals surface area contributed by atoms with Gasteiger partial charge in [0.05, 0.1) is 11.4 Å². The van der Waals surface area contributed by atoms with Crippen molar-refractivity contribution in [3.8, 4) is 5.69 Å².